The van der Waals surface area contributed by atoms with Crippen LogP contribution in [0, 0.1) is 46.3 Å². The molecule has 3 N–H and O–H groups in total. The third kappa shape index (κ3) is 5.66. The molecule has 0 spiro atoms. The minimum atomic E-state index is -3.08. The van der Waals surface area contributed by atoms with E-state index in [9.17, 15) is 23.6 Å². The van der Waals surface area contributed by atoms with Gasteiger partial charge in [0, 0.05) is 25.1 Å². The summed E-state index contributed by atoms with van der Waals surface area (Å²) in [6.07, 6.45) is 10.3. The highest BCUT2D eigenvalue weighted by Gasteiger charge is 2.67. The smallest absolute Gasteiger partial charge is 0.220 e. The van der Waals surface area contributed by atoms with E-state index in [1.807, 2.05) is 6.92 Å². The SMILES string of the molecule is CC(CCC(=O)NCCS(C)(=O)=O)C1CCC2C3C(CCC12C)C1(C)CCC(C)(O)CC1CC3(P)OO. The van der Waals surface area contributed by atoms with Crippen LogP contribution in [-0.2, 0) is 19.5 Å². The van der Waals surface area contributed by atoms with Crippen LogP contribution in [0.1, 0.15) is 91.9 Å². The quantitative estimate of drug-likeness (QED) is 0.227. The zero-order valence-corrected chi connectivity index (χ0v) is 25.4. The molecule has 4 aliphatic carbocycles. The lowest BCUT2D eigenvalue weighted by Crippen LogP contribution is -2.63. The van der Waals surface area contributed by atoms with Gasteiger partial charge in [0.2, 0.25) is 5.91 Å². The Morgan fingerprint density at radius 3 is 2.41 bits per heavy atom. The van der Waals surface area contributed by atoms with E-state index >= 15 is 0 Å². The van der Waals surface area contributed by atoms with Crippen molar-refractivity contribution in [3.63, 3.8) is 0 Å². The van der Waals surface area contributed by atoms with Crippen molar-refractivity contribution < 1.29 is 28.5 Å². The summed E-state index contributed by atoms with van der Waals surface area (Å²) in [5.41, 5.74) is -0.357. The first kappa shape index (κ1) is 29.7. The summed E-state index contributed by atoms with van der Waals surface area (Å²) >= 11 is 0. The van der Waals surface area contributed by atoms with E-state index in [0.717, 1.165) is 57.8 Å². The molecule has 4 saturated carbocycles. The van der Waals surface area contributed by atoms with Gasteiger partial charge in [0.15, 0.2) is 0 Å². The third-order valence-corrected chi connectivity index (χ3v) is 13.3. The number of carbonyl (C=O) groups is 1. The first-order valence-electron chi connectivity index (χ1n) is 14.3. The van der Waals surface area contributed by atoms with Crippen molar-refractivity contribution >= 4 is 25.0 Å². The first-order valence-corrected chi connectivity index (χ1v) is 17.0. The number of nitrogens with one attached hydrogen (secondary N) is 1. The van der Waals surface area contributed by atoms with E-state index in [1.54, 1.807) is 0 Å². The number of hydrogen-bond donors (Lipinski definition) is 3. The van der Waals surface area contributed by atoms with Gasteiger partial charge in [-0.1, -0.05) is 30.0 Å². The monoisotopic (exact) mass is 559 g/mol. The summed E-state index contributed by atoms with van der Waals surface area (Å²) in [6, 6.07) is 0. The highest BCUT2D eigenvalue weighted by molar-refractivity contribution is 7.90. The van der Waals surface area contributed by atoms with Crippen molar-refractivity contribution in [3.05, 3.63) is 0 Å². The maximum absolute atomic E-state index is 12.4. The van der Waals surface area contributed by atoms with Crippen LogP contribution in [0.15, 0.2) is 0 Å². The second kappa shape index (κ2) is 10.3. The average Bonchev–Trinajstić information content (AvgIpc) is 3.15. The summed E-state index contributed by atoms with van der Waals surface area (Å²) in [5, 5.41) is 23.2. The van der Waals surface area contributed by atoms with Gasteiger partial charge in [-0.25, -0.2) is 13.3 Å². The van der Waals surface area contributed by atoms with E-state index in [1.165, 1.54) is 6.26 Å². The molecule has 0 aromatic carbocycles. The third-order valence-electron chi connectivity index (χ3n) is 11.6. The van der Waals surface area contributed by atoms with E-state index in [0.29, 0.717) is 36.0 Å². The number of aliphatic hydroxyl groups is 1. The lowest BCUT2D eigenvalue weighted by Gasteiger charge is -2.65. The van der Waals surface area contributed by atoms with Gasteiger partial charge in [-0.15, -0.1) is 0 Å². The lowest BCUT2D eigenvalue weighted by atomic mass is 9.43. The molecule has 4 fully saturated rings. The van der Waals surface area contributed by atoms with E-state index in [2.05, 4.69) is 35.3 Å². The van der Waals surface area contributed by atoms with Crippen LogP contribution in [0.25, 0.3) is 0 Å². The molecule has 0 aromatic heterocycles. The molecule has 0 bridgehead atoms. The maximum Gasteiger partial charge on any atom is 0.220 e. The fourth-order valence-electron chi connectivity index (χ4n) is 9.58. The topological polar surface area (TPSA) is 113 Å². The van der Waals surface area contributed by atoms with Gasteiger partial charge in [-0.3, -0.25) is 10.1 Å². The van der Waals surface area contributed by atoms with E-state index in [-0.39, 0.29) is 35.0 Å². The second-order valence-electron chi connectivity index (χ2n) is 14.1. The largest absolute Gasteiger partial charge is 0.390 e. The summed E-state index contributed by atoms with van der Waals surface area (Å²) in [7, 11) is -0.170. The summed E-state index contributed by atoms with van der Waals surface area (Å²) in [6.45, 7) is 9.27. The number of hydrogen-bond acceptors (Lipinski definition) is 6. The molecule has 0 radical (unpaired) electrons. The predicted molar refractivity (Wildman–Crippen MR) is 148 cm³/mol. The van der Waals surface area contributed by atoms with Gasteiger partial charge >= 0.3 is 0 Å². The van der Waals surface area contributed by atoms with Crippen LogP contribution < -0.4 is 5.32 Å². The molecule has 11 atom stereocenters. The standard InChI is InChI=1S/C28H50NO6PS/c1-18(6-9-23(30)29-14-15-37(5,33)34)20-7-8-21-24-22(10-11-27(20,21)4)26(3)13-12-25(2,31)16-19(26)17-28(24,36)35-32/h18-22,24,31-32H,6-17,36H2,1-5H3,(H,29,30). The van der Waals surface area contributed by atoms with Crippen LogP contribution in [0.3, 0.4) is 0 Å². The number of sulfone groups is 1. The van der Waals surface area contributed by atoms with Crippen molar-refractivity contribution in [3.8, 4) is 0 Å². The fourth-order valence-corrected chi connectivity index (χ4v) is 10.8. The molecule has 0 aromatic rings. The van der Waals surface area contributed by atoms with Gasteiger partial charge in [-0.05, 0) is 105 Å². The van der Waals surface area contributed by atoms with Crippen molar-refractivity contribution in [1.29, 1.82) is 0 Å². The van der Waals surface area contributed by atoms with Crippen LogP contribution in [0.4, 0.5) is 0 Å². The minimum Gasteiger partial charge on any atom is -0.390 e. The molecule has 4 rings (SSSR count). The van der Waals surface area contributed by atoms with Crippen molar-refractivity contribution in [1.82, 2.24) is 5.32 Å². The van der Waals surface area contributed by atoms with Crippen LogP contribution in [-0.4, -0.2) is 54.2 Å². The zero-order chi connectivity index (χ0) is 27.4. The number of rotatable bonds is 8. The minimum absolute atomic E-state index is 0.0275. The molecule has 4 aliphatic rings. The summed E-state index contributed by atoms with van der Waals surface area (Å²) in [5.74, 6) is 2.28. The number of amides is 1. The van der Waals surface area contributed by atoms with Crippen LogP contribution in [0.2, 0.25) is 0 Å². The molecular weight excluding hydrogens is 509 g/mol. The Morgan fingerprint density at radius 2 is 1.76 bits per heavy atom. The first-order chi connectivity index (χ1) is 17.0. The Bertz CT molecular complexity index is 974. The molecule has 9 heteroatoms. The number of fused-ring (bicyclic) bond motifs is 5. The highest BCUT2D eigenvalue weighted by atomic mass is 32.2. The van der Waals surface area contributed by atoms with Crippen LogP contribution >= 0.6 is 9.24 Å². The molecule has 1 amide bonds. The Kier molecular flexibility index (Phi) is 8.26. The Labute approximate surface area is 226 Å². The molecule has 37 heavy (non-hydrogen) atoms. The van der Waals surface area contributed by atoms with Crippen LogP contribution in [0.5, 0.6) is 0 Å². The Hall–Kier alpha value is -0.270. The summed E-state index contributed by atoms with van der Waals surface area (Å²) < 4.78 is 22.7. The van der Waals surface area contributed by atoms with Crippen molar-refractivity contribution in [2.24, 2.45) is 46.3 Å². The maximum atomic E-state index is 12.4. The molecular formula is C28H50NO6PS. The molecule has 0 aliphatic heterocycles. The van der Waals surface area contributed by atoms with Gasteiger partial charge in [0.05, 0.1) is 11.4 Å². The van der Waals surface area contributed by atoms with Crippen molar-refractivity contribution in [2.75, 3.05) is 18.6 Å². The Morgan fingerprint density at radius 1 is 1.08 bits per heavy atom. The molecule has 0 saturated heterocycles. The van der Waals surface area contributed by atoms with Gasteiger partial charge < -0.3 is 10.4 Å². The molecule has 0 heterocycles. The van der Waals surface area contributed by atoms with Crippen molar-refractivity contribution in [2.45, 2.75) is 103 Å². The average molecular weight is 560 g/mol. The highest BCUT2D eigenvalue weighted by Crippen LogP contribution is 2.72. The summed E-state index contributed by atoms with van der Waals surface area (Å²) in [4.78, 5) is 17.8. The van der Waals surface area contributed by atoms with Gasteiger partial charge in [0.25, 0.3) is 0 Å². The predicted octanol–water partition coefficient (Wildman–Crippen LogP) is 4.64. The van der Waals surface area contributed by atoms with Gasteiger partial charge in [0.1, 0.15) is 15.2 Å². The number of carbonyl (C=O) groups excluding carboxylic acids is 1. The van der Waals surface area contributed by atoms with Gasteiger partial charge in [-0.2, -0.15) is 0 Å². The van der Waals surface area contributed by atoms with E-state index < -0.39 is 20.8 Å². The normalized spacial score (nSPS) is 46.4. The molecule has 11 unspecified atom stereocenters. The molecule has 214 valence electrons. The van der Waals surface area contributed by atoms with E-state index in [4.69, 9.17) is 4.89 Å². The Balaban J connectivity index is 1.46. The second-order valence-corrected chi connectivity index (χ2v) is 17.4. The molecule has 7 nitrogen and oxygen atoms in total. The lowest BCUT2D eigenvalue weighted by molar-refractivity contribution is -0.344. The zero-order valence-electron chi connectivity index (χ0n) is 23.5. The fraction of sp³-hybridized carbons (Fsp3) is 0.964.